The minimum Gasteiger partial charge on any atom is -0.497 e. The van der Waals surface area contributed by atoms with E-state index in [0.717, 1.165) is 31.6 Å². The minimum absolute atomic E-state index is 0.136. The molecular weight excluding hydrogens is 302 g/mol. The van der Waals surface area contributed by atoms with Gasteiger partial charge in [-0.15, -0.1) is 0 Å². The van der Waals surface area contributed by atoms with Gasteiger partial charge in [-0.1, -0.05) is 25.0 Å². The van der Waals surface area contributed by atoms with Crippen LogP contribution in [0.1, 0.15) is 50.3 Å². The van der Waals surface area contributed by atoms with Crippen LogP contribution in [0.25, 0.3) is 0 Å². The zero-order valence-electron chi connectivity index (χ0n) is 14.4. The predicted molar refractivity (Wildman–Crippen MR) is 92.9 cm³/mol. The van der Waals surface area contributed by atoms with Crippen molar-refractivity contribution in [3.63, 3.8) is 0 Å². The molecule has 2 atom stereocenters. The summed E-state index contributed by atoms with van der Waals surface area (Å²) in [5.74, 6) is 1.01. The molecule has 24 heavy (non-hydrogen) atoms. The van der Waals surface area contributed by atoms with E-state index in [-0.39, 0.29) is 18.0 Å². The molecule has 0 saturated carbocycles. The molecule has 5 heteroatoms. The standard InChI is InChI=1S/C19H25N3O2/c1-15(21-13-11-20-14-21)19(23)22-12-5-3-4-6-18(22)16-7-9-17(24-2)10-8-16/h7-11,13-15,18H,3-6,12H2,1-2H3/t15-,18-/m1/s1. The number of benzene rings is 1. The number of hydrogen-bond acceptors (Lipinski definition) is 3. The molecule has 1 aromatic heterocycles. The minimum atomic E-state index is -0.230. The summed E-state index contributed by atoms with van der Waals surface area (Å²) in [6.07, 6.45) is 9.68. The van der Waals surface area contributed by atoms with Crippen molar-refractivity contribution in [2.24, 2.45) is 0 Å². The van der Waals surface area contributed by atoms with Gasteiger partial charge < -0.3 is 14.2 Å². The van der Waals surface area contributed by atoms with Crippen molar-refractivity contribution in [2.75, 3.05) is 13.7 Å². The molecule has 0 spiro atoms. The van der Waals surface area contributed by atoms with Crippen LogP contribution in [0.15, 0.2) is 43.0 Å². The maximum absolute atomic E-state index is 13.1. The van der Waals surface area contributed by atoms with Gasteiger partial charge in [-0.3, -0.25) is 4.79 Å². The topological polar surface area (TPSA) is 47.4 Å². The van der Waals surface area contributed by atoms with Gasteiger partial charge >= 0.3 is 0 Å². The second-order valence-electron chi connectivity index (χ2n) is 6.36. The zero-order valence-corrected chi connectivity index (χ0v) is 14.4. The van der Waals surface area contributed by atoms with Crippen LogP contribution in [0.5, 0.6) is 5.75 Å². The fourth-order valence-corrected chi connectivity index (χ4v) is 3.41. The zero-order chi connectivity index (χ0) is 16.9. The fourth-order valence-electron chi connectivity index (χ4n) is 3.41. The Hall–Kier alpha value is -2.30. The molecule has 1 aliphatic rings. The van der Waals surface area contributed by atoms with E-state index in [1.54, 1.807) is 19.6 Å². The molecule has 3 rings (SSSR count). The van der Waals surface area contributed by atoms with Crippen molar-refractivity contribution in [1.29, 1.82) is 0 Å². The molecule has 0 unspecified atom stereocenters. The van der Waals surface area contributed by atoms with Gasteiger partial charge in [-0.25, -0.2) is 4.98 Å². The molecule has 2 heterocycles. The fraction of sp³-hybridized carbons (Fsp3) is 0.474. The predicted octanol–water partition coefficient (Wildman–Crippen LogP) is 3.60. The summed E-state index contributed by atoms with van der Waals surface area (Å²) in [5.41, 5.74) is 1.18. The highest BCUT2D eigenvalue weighted by Crippen LogP contribution is 2.32. The van der Waals surface area contributed by atoms with Crippen molar-refractivity contribution >= 4 is 5.91 Å². The second-order valence-corrected chi connectivity index (χ2v) is 6.36. The monoisotopic (exact) mass is 327 g/mol. The first-order valence-corrected chi connectivity index (χ1v) is 8.62. The van der Waals surface area contributed by atoms with Crippen molar-refractivity contribution in [1.82, 2.24) is 14.5 Å². The molecule has 1 fully saturated rings. The van der Waals surface area contributed by atoms with E-state index in [4.69, 9.17) is 4.74 Å². The lowest BCUT2D eigenvalue weighted by Gasteiger charge is -2.33. The molecule has 1 aliphatic heterocycles. The Morgan fingerprint density at radius 3 is 2.71 bits per heavy atom. The summed E-state index contributed by atoms with van der Waals surface area (Å²) in [4.78, 5) is 19.2. The number of aromatic nitrogens is 2. The molecule has 5 nitrogen and oxygen atoms in total. The Kier molecular flexibility index (Phi) is 5.18. The van der Waals surface area contributed by atoms with E-state index in [0.29, 0.717) is 0 Å². The summed E-state index contributed by atoms with van der Waals surface area (Å²) >= 11 is 0. The normalized spacial score (nSPS) is 19.6. The molecule has 0 radical (unpaired) electrons. The summed E-state index contributed by atoms with van der Waals surface area (Å²) in [6, 6.07) is 8.02. The highest BCUT2D eigenvalue weighted by Gasteiger charge is 2.30. The molecular formula is C19H25N3O2. The molecule has 1 aromatic carbocycles. The number of hydrogen-bond donors (Lipinski definition) is 0. The first-order valence-electron chi connectivity index (χ1n) is 8.62. The average molecular weight is 327 g/mol. The molecule has 0 N–H and O–H groups in total. The van der Waals surface area contributed by atoms with Gasteiger partial charge in [0, 0.05) is 18.9 Å². The number of rotatable bonds is 4. The number of ether oxygens (including phenoxy) is 1. The summed E-state index contributed by atoms with van der Waals surface area (Å²) in [6.45, 7) is 2.76. The lowest BCUT2D eigenvalue weighted by Crippen LogP contribution is -2.38. The number of carbonyl (C=O) groups is 1. The van der Waals surface area contributed by atoms with Crippen LogP contribution in [0, 0.1) is 0 Å². The SMILES string of the molecule is COc1ccc([C@H]2CCCCCN2C(=O)[C@@H](C)n2ccnc2)cc1. The highest BCUT2D eigenvalue weighted by molar-refractivity contribution is 5.80. The maximum atomic E-state index is 13.1. The van der Waals surface area contributed by atoms with Gasteiger partial charge in [-0.05, 0) is 37.5 Å². The molecule has 0 bridgehead atoms. The van der Waals surface area contributed by atoms with Gasteiger partial charge in [0.2, 0.25) is 5.91 Å². The first kappa shape index (κ1) is 16.6. The lowest BCUT2D eigenvalue weighted by atomic mass is 10.00. The Balaban J connectivity index is 1.85. The van der Waals surface area contributed by atoms with Gasteiger partial charge in [0.05, 0.1) is 19.5 Å². The third-order valence-corrected chi connectivity index (χ3v) is 4.87. The summed E-state index contributed by atoms with van der Waals surface area (Å²) in [5, 5.41) is 0. The van der Waals surface area contributed by atoms with Crippen LogP contribution in [0.4, 0.5) is 0 Å². The Labute approximate surface area is 143 Å². The largest absolute Gasteiger partial charge is 0.497 e. The van der Waals surface area contributed by atoms with E-state index in [9.17, 15) is 4.79 Å². The second kappa shape index (κ2) is 7.51. The third kappa shape index (κ3) is 3.45. The van der Waals surface area contributed by atoms with Gasteiger partial charge in [-0.2, -0.15) is 0 Å². The molecule has 0 aliphatic carbocycles. The van der Waals surface area contributed by atoms with Crippen LogP contribution in [0.3, 0.4) is 0 Å². The molecule has 2 aromatic rings. The number of nitrogens with zero attached hydrogens (tertiary/aromatic N) is 3. The van der Waals surface area contributed by atoms with Crippen molar-refractivity contribution in [3.8, 4) is 5.75 Å². The molecule has 1 amide bonds. The van der Waals surface area contributed by atoms with Gasteiger partial charge in [0.25, 0.3) is 0 Å². The van der Waals surface area contributed by atoms with Crippen LogP contribution in [-0.4, -0.2) is 34.0 Å². The van der Waals surface area contributed by atoms with E-state index >= 15 is 0 Å². The van der Waals surface area contributed by atoms with E-state index < -0.39 is 0 Å². The first-order chi connectivity index (χ1) is 11.7. The maximum Gasteiger partial charge on any atom is 0.245 e. The summed E-state index contributed by atoms with van der Waals surface area (Å²) < 4.78 is 7.13. The third-order valence-electron chi connectivity index (χ3n) is 4.87. The average Bonchev–Trinajstić information content (AvgIpc) is 3.05. The molecule has 1 saturated heterocycles. The Morgan fingerprint density at radius 1 is 1.25 bits per heavy atom. The van der Waals surface area contributed by atoms with Crippen LogP contribution < -0.4 is 4.74 Å². The van der Waals surface area contributed by atoms with Crippen LogP contribution >= 0.6 is 0 Å². The number of likely N-dealkylation sites (tertiary alicyclic amines) is 1. The quantitative estimate of drug-likeness (QED) is 0.862. The summed E-state index contributed by atoms with van der Waals surface area (Å²) in [7, 11) is 1.67. The van der Waals surface area contributed by atoms with Crippen molar-refractivity contribution in [3.05, 3.63) is 48.5 Å². The number of amides is 1. The van der Waals surface area contributed by atoms with Crippen LogP contribution in [-0.2, 0) is 4.79 Å². The number of carbonyl (C=O) groups excluding carboxylic acids is 1. The lowest BCUT2D eigenvalue weighted by molar-refractivity contribution is -0.136. The van der Waals surface area contributed by atoms with E-state index in [1.165, 1.54) is 12.0 Å². The van der Waals surface area contributed by atoms with Gasteiger partial charge in [0.1, 0.15) is 11.8 Å². The smallest absolute Gasteiger partial charge is 0.245 e. The Bertz CT molecular complexity index is 652. The van der Waals surface area contributed by atoms with E-state index in [2.05, 4.69) is 22.0 Å². The van der Waals surface area contributed by atoms with Gasteiger partial charge in [0.15, 0.2) is 0 Å². The van der Waals surface area contributed by atoms with Crippen molar-refractivity contribution in [2.45, 2.75) is 44.7 Å². The highest BCUT2D eigenvalue weighted by atomic mass is 16.5. The number of methoxy groups -OCH3 is 1. The molecule has 128 valence electrons. The van der Waals surface area contributed by atoms with Crippen LogP contribution in [0.2, 0.25) is 0 Å². The Morgan fingerprint density at radius 2 is 2.04 bits per heavy atom. The number of imidazole rings is 1. The van der Waals surface area contributed by atoms with Crippen molar-refractivity contribution < 1.29 is 9.53 Å². The van der Waals surface area contributed by atoms with E-state index in [1.807, 2.05) is 29.8 Å².